The summed E-state index contributed by atoms with van der Waals surface area (Å²) in [5, 5.41) is 13.0. The summed E-state index contributed by atoms with van der Waals surface area (Å²) < 4.78 is 0. The molecular formula is C37H24S. The molecule has 7 aromatic carbocycles. The molecule has 1 aromatic heterocycles. The van der Waals surface area contributed by atoms with Gasteiger partial charge in [-0.2, -0.15) is 0 Å². The Morgan fingerprint density at radius 1 is 0.421 bits per heavy atom. The molecule has 0 N–H and O–H groups in total. The highest BCUT2D eigenvalue weighted by Crippen LogP contribution is 2.48. The molecule has 8 rings (SSSR count). The molecule has 0 radical (unpaired) electrons. The van der Waals surface area contributed by atoms with Crippen LogP contribution in [-0.4, -0.2) is 0 Å². The fourth-order valence-electron chi connectivity index (χ4n) is 6.34. The van der Waals surface area contributed by atoms with Crippen molar-refractivity contribution in [1.29, 1.82) is 0 Å². The summed E-state index contributed by atoms with van der Waals surface area (Å²) in [6.07, 6.45) is 0. The van der Waals surface area contributed by atoms with Crippen LogP contribution in [0.5, 0.6) is 0 Å². The minimum atomic E-state index is 1.28. The highest BCUT2D eigenvalue weighted by Gasteiger charge is 2.19. The van der Waals surface area contributed by atoms with Crippen LogP contribution < -0.4 is 0 Å². The molecule has 8 aromatic rings. The predicted octanol–water partition coefficient (Wildman–Crippen LogP) is 11.2. The van der Waals surface area contributed by atoms with E-state index in [1.807, 2.05) is 11.3 Å². The molecule has 178 valence electrons. The number of aryl methyl sites for hydroxylation is 1. The van der Waals surface area contributed by atoms with Gasteiger partial charge in [-0.1, -0.05) is 109 Å². The Labute approximate surface area is 225 Å². The van der Waals surface area contributed by atoms with Crippen molar-refractivity contribution in [1.82, 2.24) is 0 Å². The smallest absolute Gasteiger partial charge is 0.0358 e. The van der Waals surface area contributed by atoms with E-state index in [-0.39, 0.29) is 0 Å². The molecule has 0 atom stereocenters. The van der Waals surface area contributed by atoms with E-state index in [9.17, 15) is 0 Å². The second-order valence-corrected chi connectivity index (χ2v) is 11.4. The second-order valence-electron chi connectivity index (χ2n) is 10.1. The number of benzene rings is 7. The molecule has 0 saturated heterocycles. The van der Waals surface area contributed by atoms with Gasteiger partial charge in [0.15, 0.2) is 0 Å². The maximum absolute atomic E-state index is 2.42. The van der Waals surface area contributed by atoms with E-state index in [4.69, 9.17) is 0 Å². The highest BCUT2D eigenvalue weighted by molar-refractivity contribution is 7.15. The molecule has 0 saturated carbocycles. The van der Waals surface area contributed by atoms with Crippen molar-refractivity contribution >= 4 is 65.2 Å². The zero-order chi connectivity index (χ0) is 25.2. The molecule has 1 heterocycles. The Morgan fingerprint density at radius 3 is 1.58 bits per heavy atom. The third kappa shape index (κ3) is 3.09. The molecule has 0 aliphatic carbocycles. The Bertz CT molecular complexity index is 2140. The van der Waals surface area contributed by atoms with Crippen molar-refractivity contribution < 1.29 is 0 Å². The number of hydrogen-bond donors (Lipinski definition) is 0. The summed E-state index contributed by atoms with van der Waals surface area (Å²) in [5.74, 6) is 0. The van der Waals surface area contributed by atoms with Crippen LogP contribution in [0.3, 0.4) is 0 Å². The Kier molecular flexibility index (Phi) is 4.71. The van der Waals surface area contributed by atoms with Crippen LogP contribution in [0, 0.1) is 6.92 Å². The van der Waals surface area contributed by atoms with Gasteiger partial charge in [0.25, 0.3) is 0 Å². The molecule has 38 heavy (non-hydrogen) atoms. The van der Waals surface area contributed by atoms with Crippen LogP contribution in [0.1, 0.15) is 4.88 Å². The second kappa shape index (κ2) is 8.28. The van der Waals surface area contributed by atoms with Crippen LogP contribution in [0.2, 0.25) is 0 Å². The van der Waals surface area contributed by atoms with E-state index in [0.717, 1.165) is 0 Å². The fraction of sp³-hybridized carbons (Fsp3) is 0.0270. The number of hydrogen-bond acceptors (Lipinski definition) is 1. The monoisotopic (exact) mass is 500 g/mol. The van der Waals surface area contributed by atoms with Gasteiger partial charge in [0.05, 0.1) is 0 Å². The predicted molar refractivity (Wildman–Crippen MR) is 167 cm³/mol. The minimum absolute atomic E-state index is 1.28. The summed E-state index contributed by atoms with van der Waals surface area (Å²) in [6.45, 7) is 2.19. The van der Waals surface area contributed by atoms with Gasteiger partial charge in [-0.25, -0.2) is 0 Å². The largest absolute Gasteiger partial charge is 0.141 e. The van der Waals surface area contributed by atoms with E-state index in [1.54, 1.807) is 0 Å². The van der Waals surface area contributed by atoms with Crippen LogP contribution in [0.25, 0.3) is 75.4 Å². The van der Waals surface area contributed by atoms with Gasteiger partial charge in [-0.3, -0.25) is 0 Å². The van der Waals surface area contributed by atoms with E-state index >= 15 is 0 Å². The molecular weight excluding hydrogens is 476 g/mol. The van der Waals surface area contributed by atoms with Gasteiger partial charge in [-0.05, 0) is 90.1 Å². The fourth-order valence-corrected chi connectivity index (χ4v) is 7.28. The molecule has 0 fully saturated rings. The van der Waals surface area contributed by atoms with Crippen molar-refractivity contribution in [2.75, 3.05) is 0 Å². The van der Waals surface area contributed by atoms with Crippen molar-refractivity contribution in [3.05, 3.63) is 132 Å². The van der Waals surface area contributed by atoms with Crippen molar-refractivity contribution in [3.63, 3.8) is 0 Å². The van der Waals surface area contributed by atoms with Crippen LogP contribution >= 0.6 is 11.3 Å². The minimum Gasteiger partial charge on any atom is -0.141 e. The normalized spacial score (nSPS) is 11.8. The summed E-state index contributed by atoms with van der Waals surface area (Å²) in [5.41, 5.74) is 3.96. The number of thiophene rings is 1. The molecule has 0 amide bonds. The molecule has 0 spiro atoms. The Balaban J connectivity index is 1.59. The zero-order valence-electron chi connectivity index (χ0n) is 21.0. The SMILES string of the molecule is Cc1ccc(-c2c3ccccc3c(-c3cc4ccc5ccccc5c4c4ccccc34)c3ccccc23)s1. The van der Waals surface area contributed by atoms with Gasteiger partial charge < -0.3 is 0 Å². The van der Waals surface area contributed by atoms with Crippen molar-refractivity contribution in [2.45, 2.75) is 6.92 Å². The lowest BCUT2D eigenvalue weighted by Crippen LogP contribution is -1.91. The molecule has 0 aliphatic heterocycles. The van der Waals surface area contributed by atoms with Gasteiger partial charge in [0.1, 0.15) is 0 Å². The lowest BCUT2D eigenvalue weighted by molar-refractivity contribution is 1.64. The van der Waals surface area contributed by atoms with E-state index in [0.29, 0.717) is 0 Å². The average molecular weight is 501 g/mol. The zero-order valence-corrected chi connectivity index (χ0v) is 21.8. The number of fused-ring (bicyclic) bond motifs is 7. The van der Waals surface area contributed by atoms with Gasteiger partial charge >= 0.3 is 0 Å². The molecule has 0 nitrogen and oxygen atoms in total. The van der Waals surface area contributed by atoms with E-state index in [2.05, 4.69) is 134 Å². The van der Waals surface area contributed by atoms with Gasteiger partial charge in [-0.15, -0.1) is 11.3 Å². The summed E-state index contributed by atoms with van der Waals surface area (Å²) in [4.78, 5) is 2.67. The summed E-state index contributed by atoms with van der Waals surface area (Å²) in [6, 6.07) is 47.1. The summed E-state index contributed by atoms with van der Waals surface area (Å²) in [7, 11) is 0. The average Bonchev–Trinajstić information content (AvgIpc) is 3.40. The van der Waals surface area contributed by atoms with Gasteiger partial charge in [0.2, 0.25) is 0 Å². The standard InChI is InChI=1S/C37H24S/c1-23-18-21-34(38-23)37-31-16-8-6-14-29(31)36(30-15-7-9-17-32(30)37)33-22-25-20-19-24-10-2-3-11-26(24)35(25)28-13-5-4-12-27(28)33/h2-22H,1H3. The van der Waals surface area contributed by atoms with Gasteiger partial charge in [0, 0.05) is 15.3 Å². The van der Waals surface area contributed by atoms with E-state index < -0.39 is 0 Å². The highest BCUT2D eigenvalue weighted by atomic mass is 32.1. The molecule has 0 unspecified atom stereocenters. The number of rotatable bonds is 2. The lowest BCUT2D eigenvalue weighted by atomic mass is 9.84. The third-order valence-corrected chi connectivity index (χ3v) is 8.95. The maximum atomic E-state index is 2.42. The van der Waals surface area contributed by atoms with Crippen molar-refractivity contribution in [3.8, 4) is 21.6 Å². The molecule has 0 aliphatic rings. The Hall–Kier alpha value is -4.46. The first-order valence-electron chi connectivity index (χ1n) is 13.1. The van der Waals surface area contributed by atoms with Crippen LogP contribution in [-0.2, 0) is 0 Å². The summed E-state index contributed by atoms with van der Waals surface area (Å²) >= 11 is 1.88. The first kappa shape index (κ1) is 21.6. The quantitative estimate of drug-likeness (QED) is 0.163. The molecule has 1 heteroatoms. The van der Waals surface area contributed by atoms with Crippen LogP contribution in [0.4, 0.5) is 0 Å². The molecule has 0 bridgehead atoms. The van der Waals surface area contributed by atoms with Crippen LogP contribution in [0.15, 0.2) is 127 Å². The van der Waals surface area contributed by atoms with E-state index in [1.165, 1.54) is 80.3 Å². The Morgan fingerprint density at radius 2 is 0.947 bits per heavy atom. The first-order valence-corrected chi connectivity index (χ1v) is 13.9. The first-order chi connectivity index (χ1) is 18.8. The lowest BCUT2D eigenvalue weighted by Gasteiger charge is -2.19. The third-order valence-electron chi connectivity index (χ3n) is 7.94. The topological polar surface area (TPSA) is 0 Å². The van der Waals surface area contributed by atoms with Crippen molar-refractivity contribution in [2.24, 2.45) is 0 Å². The maximum Gasteiger partial charge on any atom is 0.0358 e.